The fourth-order valence-electron chi connectivity index (χ4n) is 3.31. The summed E-state index contributed by atoms with van der Waals surface area (Å²) in [5.74, 6) is 1.71. The maximum Gasteiger partial charge on any atom is 0.227 e. The Morgan fingerprint density at radius 1 is 1.41 bits per heavy atom. The van der Waals surface area contributed by atoms with Crippen LogP contribution < -0.4 is 11.1 Å². The van der Waals surface area contributed by atoms with Gasteiger partial charge in [0.2, 0.25) is 5.91 Å². The Bertz CT molecular complexity index is 446. The van der Waals surface area contributed by atoms with Gasteiger partial charge in [-0.25, -0.2) is 0 Å². The molecule has 17 heavy (non-hydrogen) atoms. The molecule has 2 fully saturated rings. The zero-order chi connectivity index (χ0) is 11.8. The summed E-state index contributed by atoms with van der Waals surface area (Å²) in [5.41, 5.74) is 6.99. The van der Waals surface area contributed by atoms with E-state index < -0.39 is 0 Å². The van der Waals surface area contributed by atoms with E-state index in [9.17, 15) is 4.79 Å². The Kier molecular flexibility index (Phi) is 2.50. The number of hydrogen-bond acceptors (Lipinski definition) is 3. The van der Waals surface area contributed by atoms with Gasteiger partial charge in [0, 0.05) is 12.1 Å². The molecule has 3 rings (SSSR count). The van der Waals surface area contributed by atoms with E-state index in [2.05, 4.69) is 10.3 Å². The van der Waals surface area contributed by atoms with Crippen LogP contribution in [-0.4, -0.2) is 10.9 Å². The molecule has 0 spiro atoms. The molecule has 1 aromatic heterocycles. The number of anilines is 2. The highest BCUT2D eigenvalue weighted by Gasteiger charge is 2.43. The Balaban J connectivity index is 1.70. The monoisotopic (exact) mass is 231 g/mol. The number of nitrogens with one attached hydrogen (secondary N) is 1. The Morgan fingerprint density at radius 2 is 2.29 bits per heavy atom. The molecule has 0 aromatic carbocycles. The van der Waals surface area contributed by atoms with Crippen LogP contribution in [-0.2, 0) is 4.79 Å². The molecule has 3 atom stereocenters. The molecular formula is C13H17N3O. The van der Waals surface area contributed by atoms with E-state index in [0.717, 1.165) is 12.3 Å². The van der Waals surface area contributed by atoms with E-state index in [0.29, 0.717) is 17.3 Å². The highest BCUT2D eigenvalue weighted by molar-refractivity contribution is 5.95. The highest BCUT2D eigenvalue weighted by Crippen LogP contribution is 2.48. The van der Waals surface area contributed by atoms with Gasteiger partial charge in [-0.1, -0.05) is 6.42 Å². The second kappa shape index (κ2) is 4.02. The van der Waals surface area contributed by atoms with Crippen molar-refractivity contribution in [3.8, 4) is 0 Å². The van der Waals surface area contributed by atoms with Crippen LogP contribution in [0.2, 0.25) is 0 Å². The number of carbonyl (C=O) groups is 1. The molecule has 1 amide bonds. The van der Waals surface area contributed by atoms with E-state index in [1.165, 1.54) is 19.3 Å². The van der Waals surface area contributed by atoms with Crippen LogP contribution in [0.1, 0.15) is 25.7 Å². The minimum Gasteiger partial charge on any atom is -0.396 e. The first-order chi connectivity index (χ1) is 8.24. The third kappa shape index (κ3) is 1.88. The SMILES string of the molecule is Nc1cnccc1NC(=O)C1CC2CCC1C2. The van der Waals surface area contributed by atoms with Gasteiger partial charge in [-0.15, -0.1) is 0 Å². The second-order valence-corrected chi connectivity index (χ2v) is 5.23. The van der Waals surface area contributed by atoms with Crippen molar-refractivity contribution < 1.29 is 4.79 Å². The lowest BCUT2D eigenvalue weighted by Crippen LogP contribution is -2.27. The summed E-state index contributed by atoms with van der Waals surface area (Å²) in [6.45, 7) is 0. The molecular weight excluding hydrogens is 214 g/mol. The molecule has 0 saturated heterocycles. The number of aromatic nitrogens is 1. The standard InChI is InChI=1S/C13H17N3O/c14-11-7-15-4-3-12(11)16-13(17)10-6-8-1-2-9(10)5-8/h3-4,7-10H,1-2,5-6,14H2,(H,15,16,17). The van der Waals surface area contributed by atoms with Gasteiger partial charge in [-0.05, 0) is 37.2 Å². The summed E-state index contributed by atoms with van der Waals surface area (Å²) in [7, 11) is 0. The zero-order valence-electron chi connectivity index (χ0n) is 9.73. The van der Waals surface area contributed by atoms with Crippen molar-refractivity contribution in [3.05, 3.63) is 18.5 Å². The van der Waals surface area contributed by atoms with E-state index in [1.54, 1.807) is 18.5 Å². The van der Waals surface area contributed by atoms with Crippen LogP contribution in [0.5, 0.6) is 0 Å². The number of carbonyl (C=O) groups excluding carboxylic acids is 1. The molecule has 4 nitrogen and oxygen atoms in total. The quantitative estimate of drug-likeness (QED) is 0.818. The highest BCUT2D eigenvalue weighted by atomic mass is 16.1. The average molecular weight is 231 g/mol. The van der Waals surface area contributed by atoms with E-state index >= 15 is 0 Å². The molecule has 2 saturated carbocycles. The van der Waals surface area contributed by atoms with Crippen LogP contribution in [0.15, 0.2) is 18.5 Å². The Labute approximate surface area is 101 Å². The minimum absolute atomic E-state index is 0.134. The van der Waals surface area contributed by atoms with Crippen molar-refractivity contribution in [2.75, 3.05) is 11.1 Å². The zero-order valence-corrected chi connectivity index (χ0v) is 9.73. The number of nitrogens with two attached hydrogens (primary N) is 1. The van der Waals surface area contributed by atoms with E-state index in [1.807, 2.05) is 0 Å². The van der Waals surface area contributed by atoms with E-state index in [-0.39, 0.29) is 11.8 Å². The van der Waals surface area contributed by atoms with Crippen LogP contribution in [0.4, 0.5) is 11.4 Å². The van der Waals surface area contributed by atoms with Crippen molar-refractivity contribution in [2.45, 2.75) is 25.7 Å². The predicted molar refractivity (Wildman–Crippen MR) is 66.2 cm³/mol. The number of amides is 1. The lowest BCUT2D eigenvalue weighted by Gasteiger charge is -2.21. The normalized spacial score (nSPS) is 30.5. The summed E-state index contributed by atoms with van der Waals surface area (Å²) in [6.07, 6.45) is 8.04. The predicted octanol–water partition coefficient (Wildman–Crippen LogP) is 2.04. The van der Waals surface area contributed by atoms with Gasteiger partial charge < -0.3 is 11.1 Å². The molecule has 90 valence electrons. The topological polar surface area (TPSA) is 68.0 Å². The summed E-state index contributed by atoms with van der Waals surface area (Å²) in [4.78, 5) is 16.1. The first-order valence-corrected chi connectivity index (χ1v) is 6.24. The molecule has 2 aliphatic rings. The van der Waals surface area contributed by atoms with Gasteiger partial charge in [0.1, 0.15) is 0 Å². The van der Waals surface area contributed by atoms with Crippen LogP contribution in [0.3, 0.4) is 0 Å². The molecule has 0 aliphatic heterocycles. The van der Waals surface area contributed by atoms with Crippen molar-refractivity contribution >= 4 is 17.3 Å². The number of hydrogen-bond donors (Lipinski definition) is 2. The largest absolute Gasteiger partial charge is 0.396 e. The molecule has 4 heteroatoms. The third-order valence-electron chi connectivity index (χ3n) is 4.18. The molecule has 1 aromatic rings. The number of nitrogens with zero attached hydrogens (tertiary/aromatic N) is 1. The number of pyridine rings is 1. The van der Waals surface area contributed by atoms with Crippen molar-refractivity contribution in [2.24, 2.45) is 17.8 Å². The molecule has 2 bridgehead atoms. The van der Waals surface area contributed by atoms with Gasteiger partial charge in [0.25, 0.3) is 0 Å². The first kappa shape index (κ1) is 10.6. The number of nitrogen functional groups attached to an aromatic ring is 1. The number of fused-ring (bicyclic) bond motifs is 2. The first-order valence-electron chi connectivity index (χ1n) is 6.24. The Morgan fingerprint density at radius 3 is 2.94 bits per heavy atom. The van der Waals surface area contributed by atoms with Gasteiger partial charge >= 0.3 is 0 Å². The maximum atomic E-state index is 12.2. The summed E-state index contributed by atoms with van der Waals surface area (Å²) < 4.78 is 0. The van der Waals surface area contributed by atoms with Crippen LogP contribution >= 0.6 is 0 Å². The van der Waals surface area contributed by atoms with Crippen LogP contribution in [0.25, 0.3) is 0 Å². The van der Waals surface area contributed by atoms with Crippen molar-refractivity contribution in [1.82, 2.24) is 4.98 Å². The van der Waals surface area contributed by atoms with Gasteiger partial charge in [0.15, 0.2) is 0 Å². The molecule has 1 heterocycles. The fourth-order valence-corrected chi connectivity index (χ4v) is 3.31. The van der Waals surface area contributed by atoms with Gasteiger partial charge in [-0.2, -0.15) is 0 Å². The third-order valence-corrected chi connectivity index (χ3v) is 4.18. The second-order valence-electron chi connectivity index (χ2n) is 5.23. The fraction of sp³-hybridized carbons (Fsp3) is 0.538. The Hall–Kier alpha value is -1.58. The lowest BCUT2D eigenvalue weighted by atomic mass is 9.88. The van der Waals surface area contributed by atoms with Crippen molar-refractivity contribution in [1.29, 1.82) is 0 Å². The molecule has 3 N–H and O–H groups in total. The minimum atomic E-state index is 0.134. The smallest absolute Gasteiger partial charge is 0.227 e. The summed E-state index contributed by atoms with van der Waals surface area (Å²) in [6, 6.07) is 1.75. The van der Waals surface area contributed by atoms with E-state index in [4.69, 9.17) is 5.73 Å². The number of rotatable bonds is 2. The average Bonchev–Trinajstić information content (AvgIpc) is 2.94. The molecule has 0 radical (unpaired) electrons. The van der Waals surface area contributed by atoms with Gasteiger partial charge in [0.05, 0.1) is 17.6 Å². The lowest BCUT2D eigenvalue weighted by molar-refractivity contribution is -0.121. The van der Waals surface area contributed by atoms with Gasteiger partial charge in [-0.3, -0.25) is 9.78 Å². The summed E-state index contributed by atoms with van der Waals surface area (Å²) in [5, 5.41) is 2.93. The molecule has 2 aliphatic carbocycles. The van der Waals surface area contributed by atoms with Crippen molar-refractivity contribution in [3.63, 3.8) is 0 Å². The van der Waals surface area contributed by atoms with Crippen LogP contribution in [0, 0.1) is 17.8 Å². The maximum absolute atomic E-state index is 12.2. The molecule has 3 unspecified atom stereocenters. The summed E-state index contributed by atoms with van der Waals surface area (Å²) >= 11 is 0.